The fourth-order valence-electron chi connectivity index (χ4n) is 4.62. The summed E-state index contributed by atoms with van der Waals surface area (Å²) in [5.74, 6) is -1.28. The Bertz CT molecular complexity index is 1560. The molecule has 1 atom stereocenters. The first-order chi connectivity index (χ1) is 18.2. The van der Waals surface area contributed by atoms with E-state index in [0.717, 1.165) is 30.0 Å². The highest BCUT2D eigenvalue weighted by Crippen LogP contribution is 2.41. The zero-order valence-electron chi connectivity index (χ0n) is 19.9. The lowest BCUT2D eigenvalue weighted by molar-refractivity contribution is -0.137. The van der Waals surface area contributed by atoms with Crippen LogP contribution in [0.5, 0.6) is 11.6 Å². The van der Waals surface area contributed by atoms with Crippen LogP contribution < -0.4 is 10.5 Å². The molecule has 4 aromatic rings. The van der Waals surface area contributed by atoms with Gasteiger partial charge in [-0.15, -0.1) is 0 Å². The number of fused-ring (bicyclic) bond motifs is 1. The summed E-state index contributed by atoms with van der Waals surface area (Å²) in [6.45, 7) is 4.54. The third-order valence-electron chi connectivity index (χ3n) is 6.50. The van der Waals surface area contributed by atoms with Gasteiger partial charge in [0.05, 0.1) is 16.8 Å². The Morgan fingerprint density at radius 2 is 1.97 bits per heavy atom. The predicted molar refractivity (Wildman–Crippen MR) is 133 cm³/mol. The summed E-state index contributed by atoms with van der Waals surface area (Å²) in [4.78, 5) is 26.1. The van der Waals surface area contributed by atoms with E-state index in [1.807, 2.05) is 0 Å². The van der Waals surface area contributed by atoms with Gasteiger partial charge in [0, 0.05) is 60.0 Å². The van der Waals surface area contributed by atoms with Crippen LogP contribution in [0.2, 0.25) is 0 Å². The molecular weight excluding hydrogens is 502 g/mol. The van der Waals surface area contributed by atoms with E-state index in [-0.39, 0.29) is 34.7 Å². The molecule has 3 heterocycles. The quantitative estimate of drug-likeness (QED) is 0.204. The monoisotopic (exact) mass is 523 g/mol. The van der Waals surface area contributed by atoms with Gasteiger partial charge < -0.3 is 15.4 Å². The normalized spacial score (nSPS) is 15.6. The lowest BCUT2D eigenvalue weighted by Gasteiger charge is -2.19. The average molecular weight is 523 g/mol. The third-order valence-corrected chi connectivity index (χ3v) is 6.50. The Morgan fingerprint density at radius 1 is 1.16 bits per heavy atom. The summed E-state index contributed by atoms with van der Waals surface area (Å²) < 4.78 is 59.8. The Morgan fingerprint density at radius 3 is 2.71 bits per heavy atom. The molecule has 7 nitrogen and oxygen atoms in total. The number of carbonyl (C=O) groups is 1. The number of alkyl halides is 3. The largest absolute Gasteiger partial charge is 0.439 e. The minimum atomic E-state index is -4.57. The first-order valence-electron chi connectivity index (χ1n) is 11.6. The highest BCUT2D eigenvalue weighted by atomic mass is 19.4. The van der Waals surface area contributed by atoms with E-state index in [2.05, 4.69) is 21.5 Å². The van der Waals surface area contributed by atoms with Gasteiger partial charge in [0.25, 0.3) is 0 Å². The number of ether oxygens (including phenoxy) is 1. The minimum Gasteiger partial charge on any atom is -0.439 e. The number of pyridine rings is 1. The van der Waals surface area contributed by atoms with Gasteiger partial charge in [0.1, 0.15) is 17.9 Å². The second-order valence-corrected chi connectivity index (χ2v) is 8.81. The SMILES string of the molecule is C=CC(=O)N1CCC(c2cc(-c3ccc(Oc4cc(C(F)(F)F)ccn4)cc3F)c(N)c3cncnc23)C1. The molecular formula is C27H21F4N5O2. The van der Waals surface area contributed by atoms with Crippen molar-refractivity contribution in [2.75, 3.05) is 18.8 Å². The molecule has 1 saturated heterocycles. The molecule has 1 fully saturated rings. The molecule has 1 aliphatic heterocycles. The topological polar surface area (TPSA) is 94.2 Å². The van der Waals surface area contributed by atoms with Gasteiger partial charge in [0.15, 0.2) is 0 Å². The number of halogens is 4. The van der Waals surface area contributed by atoms with Crippen molar-refractivity contribution in [3.63, 3.8) is 0 Å². The van der Waals surface area contributed by atoms with Crippen LogP contribution in [-0.4, -0.2) is 38.8 Å². The molecule has 38 heavy (non-hydrogen) atoms. The summed E-state index contributed by atoms with van der Waals surface area (Å²) >= 11 is 0. The summed E-state index contributed by atoms with van der Waals surface area (Å²) in [5, 5.41) is 0.543. The number of rotatable bonds is 5. The lowest BCUT2D eigenvalue weighted by atomic mass is 9.90. The molecule has 0 aliphatic carbocycles. The molecule has 5 rings (SSSR count). The second-order valence-electron chi connectivity index (χ2n) is 8.81. The first kappa shape index (κ1) is 25.1. The molecule has 2 aromatic carbocycles. The maximum atomic E-state index is 15.4. The van der Waals surface area contributed by atoms with E-state index in [4.69, 9.17) is 10.5 Å². The number of anilines is 1. The molecule has 2 N–H and O–H groups in total. The number of benzene rings is 2. The Labute approximate surface area is 214 Å². The fourth-order valence-corrected chi connectivity index (χ4v) is 4.62. The number of aromatic nitrogens is 3. The van der Waals surface area contributed by atoms with Gasteiger partial charge in [0.2, 0.25) is 11.8 Å². The average Bonchev–Trinajstić information content (AvgIpc) is 3.39. The number of amides is 1. The van der Waals surface area contributed by atoms with Crippen LogP contribution in [0, 0.1) is 5.82 Å². The molecule has 0 spiro atoms. The lowest BCUT2D eigenvalue weighted by Crippen LogP contribution is -2.26. The van der Waals surface area contributed by atoms with Gasteiger partial charge in [-0.1, -0.05) is 6.58 Å². The van der Waals surface area contributed by atoms with Gasteiger partial charge in [-0.2, -0.15) is 13.2 Å². The van der Waals surface area contributed by atoms with Gasteiger partial charge in [-0.05, 0) is 42.3 Å². The number of likely N-dealkylation sites (tertiary alicyclic amines) is 1. The Hall–Kier alpha value is -4.54. The molecule has 0 saturated carbocycles. The van der Waals surface area contributed by atoms with Gasteiger partial charge in [-0.3, -0.25) is 4.79 Å². The van der Waals surface area contributed by atoms with Crippen LogP contribution in [0.3, 0.4) is 0 Å². The number of hydrogen-bond donors (Lipinski definition) is 1. The predicted octanol–water partition coefficient (Wildman–Crippen LogP) is 5.73. The minimum absolute atomic E-state index is 0.0321. The van der Waals surface area contributed by atoms with E-state index in [1.54, 1.807) is 17.2 Å². The van der Waals surface area contributed by atoms with E-state index in [0.29, 0.717) is 36.0 Å². The van der Waals surface area contributed by atoms with Crippen molar-refractivity contribution in [3.05, 3.63) is 84.7 Å². The molecule has 1 aliphatic rings. The van der Waals surface area contributed by atoms with Crippen LogP contribution in [0.25, 0.3) is 22.0 Å². The number of carbonyl (C=O) groups excluding carboxylic acids is 1. The van der Waals surface area contributed by atoms with Crippen LogP contribution in [-0.2, 0) is 11.0 Å². The number of hydrogen-bond acceptors (Lipinski definition) is 6. The highest BCUT2D eigenvalue weighted by Gasteiger charge is 2.31. The van der Waals surface area contributed by atoms with Crippen LogP contribution in [0.4, 0.5) is 23.2 Å². The zero-order chi connectivity index (χ0) is 27.0. The molecule has 0 bridgehead atoms. The Kier molecular flexibility index (Phi) is 6.43. The molecule has 194 valence electrons. The van der Waals surface area contributed by atoms with Crippen molar-refractivity contribution in [2.45, 2.75) is 18.5 Å². The van der Waals surface area contributed by atoms with Crippen LogP contribution in [0.15, 0.2) is 67.8 Å². The molecule has 1 unspecified atom stereocenters. The van der Waals surface area contributed by atoms with Crippen molar-refractivity contribution in [3.8, 4) is 22.8 Å². The molecule has 11 heteroatoms. The van der Waals surface area contributed by atoms with Crippen LogP contribution in [0.1, 0.15) is 23.5 Å². The van der Waals surface area contributed by atoms with Crippen molar-refractivity contribution >= 4 is 22.5 Å². The van der Waals surface area contributed by atoms with E-state index >= 15 is 4.39 Å². The van der Waals surface area contributed by atoms with Crippen molar-refractivity contribution in [1.29, 1.82) is 0 Å². The smallest absolute Gasteiger partial charge is 0.416 e. The van der Waals surface area contributed by atoms with Gasteiger partial charge >= 0.3 is 6.18 Å². The zero-order valence-corrected chi connectivity index (χ0v) is 19.9. The fraction of sp³-hybridized carbons (Fsp3) is 0.185. The summed E-state index contributed by atoms with van der Waals surface area (Å²) in [6.07, 6.45) is 1.31. The van der Waals surface area contributed by atoms with Gasteiger partial charge in [-0.25, -0.2) is 19.3 Å². The van der Waals surface area contributed by atoms with Crippen molar-refractivity contribution < 1.29 is 27.1 Å². The van der Waals surface area contributed by atoms with E-state index < -0.39 is 17.6 Å². The third kappa shape index (κ3) is 4.74. The number of nitrogens with two attached hydrogens (primary N) is 1. The standard InChI is InChI=1S/C27H21F4N5O2/c1-2-24(37)36-8-6-15(13-36)19-11-20(25(32)21-12-33-14-35-26(19)21)18-4-3-17(10-22(18)28)38-23-9-16(5-7-34-23)27(29,30)31/h2-5,7,9-12,14-15H,1,6,8,13,32H2. The summed E-state index contributed by atoms with van der Waals surface area (Å²) in [5.41, 5.74) is 7.76. The van der Waals surface area contributed by atoms with Crippen molar-refractivity contribution in [1.82, 2.24) is 19.9 Å². The molecule has 0 radical (unpaired) electrons. The molecule has 1 amide bonds. The summed E-state index contributed by atoms with van der Waals surface area (Å²) in [7, 11) is 0. The number of nitrogen functional groups attached to an aromatic ring is 1. The highest BCUT2D eigenvalue weighted by molar-refractivity contribution is 6.00. The van der Waals surface area contributed by atoms with E-state index in [9.17, 15) is 18.0 Å². The van der Waals surface area contributed by atoms with E-state index in [1.165, 1.54) is 24.5 Å². The maximum Gasteiger partial charge on any atom is 0.416 e. The summed E-state index contributed by atoms with van der Waals surface area (Å²) in [6, 6.07) is 7.24. The molecule has 2 aromatic heterocycles. The van der Waals surface area contributed by atoms with Crippen molar-refractivity contribution in [2.24, 2.45) is 0 Å². The first-order valence-corrected chi connectivity index (χ1v) is 11.6. The number of nitrogens with zero attached hydrogens (tertiary/aromatic N) is 4. The second kappa shape index (κ2) is 9.73. The Balaban J connectivity index is 1.51. The maximum absolute atomic E-state index is 15.4. The van der Waals surface area contributed by atoms with Crippen LogP contribution >= 0.6 is 0 Å².